The van der Waals surface area contributed by atoms with Gasteiger partial charge >= 0.3 is 5.97 Å². The summed E-state index contributed by atoms with van der Waals surface area (Å²) < 4.78 is 0. The Balaban J connectivity index is 1.62. The number of Topliss-reactive ketones (excluding diaryl/α,β-unsaturated/α-hetero) is 2. The Morgan fingerprint density at radius 3 is 2.48 bits per heavy atom. The largest absolute Gasteiger partial charge is 0.481 e. The predicted molar refractivity (Wildman–Crippen MR) is 102 cm³/mol. The number of fused-ring (bicyclic) bond motifs is 5. The Morgan fingerprint density at radius 1 is 1.07 bits per heavy atom. The topological polar surface area (TPSA) is 71.4 Å². The third-order valence-electron chi connectivity index (χ3n) is 9.54. The highest BCUT2D eigenvalue weighted by molar-refractivity contribution is 5.86. The second-order valence-electron chi connectivity index (χ2n) is 10.7. The number of carbonyl (C=O) groups is 3. The molecule has 1 N–H and O–H groups in total. The Hall–Kier alpha value is -1.19. The van der Waals surface area contributed by atoms with Crippen LogP contribution in [0.15, 0.2) is 0 Å². The molecular formula is C23H34O4. The van der Waals surface area contributed by atoms with Crippen LogP contribution in [0.2, 0.25) is 0 Å². The van der Waals surface area contributed by atoms with Gasteiger partial charge in [-0.15, -0.1) is 0 Å². The number of ketones is 2. The lowest BCUT2D eigenvalue weighted by Gasteiger charge is -2.59. The van der Waals surface area contributed by atoms with Gasteiger partial charge < -0.3 is 5.11 Å². The molecule has 150 valence electrons. The van der Waals surface area contributed by atoms with Gasteiger partial charge in [-0.05, 0) is 72.5 Å². The smallest absolute Gasteiger partial charge is 0.303 e. The van der Waals surface area contributed by atoms with E-state index in [1.54, 1.807) is 0 Å². The molecule has 0 aromatic heterocycles. The van der Waals surface area contributed by atoms with Crippen LogP contribution < -0.4 is 0 Å². The van der Waals surface area contributed by atoms with Crippen LogP contribution in [0, 0.1) is 46.3 Å². The van der Waals surface area contributed by atoms with Crippen molar-refractivity contribution in [2.45, 2.75) is 78.6 Å². The first-order chi connectivity index (χ1) is 12.7. The number of rotatable bonds is 3. The lowest BCUT2D eigenvalue weighted by Crippen LogP contribution is -2.57. The van der Waals surface area contributed by atoms with Crippen molar-refractivity contribution in [3.63, 3.8) is 0 Å². The quantitative estimate of drug-likeness (QED) is 0.789. The van der Waals surface area contributed by atoms with Gasteiger partial charge in [0, 0.05) is 31.6 Å². The fraction of sp³-hybridized carbons (Fsp3) is 0.870. The molecular weight excluding hydrogens is 340 g/mol. The highest BCUT2D eigenvalue weighted by Gasteiger charge is 2.63. The van der Waals surface area contributed by atoms with Gasteiger partial charge in [-0.3, -0.25) is 14.4 Å². The van der Waals surface area contributed by atoms with Crippen LogP contribution in [0.3, 0.4) is 0 Å². The van der Waals surface area contributed by atoms with E-state index in [9.17, 15) is 19.5 Å². The minimum Gasteiger partial charge on any atom is -0.481 e. The molecule has 4 saturated carbocycles. The van der Waals surface area contributed by atoms with E-state index in [4.69, 9.17) is 0 Å². The maximum atomic E-state index is 13.3. The van der Waals surface area contributed by atoms with E-state index in [1.807, 2.05) is 0 Å². The molecule has 4 rings (SSSR count). The van der Waals surface area contributed by atoms with E-state index in [2.05, 4.69) is 20.8 Å². The zero-order chi connectivity index (χ0) is 19.6. The third-order valence-corrected chi connectivity index (χ3v) is 9.54. The maximum absolute atomic E-state index is 13.3. The second-order valence-corrected chi connectivity index (χ2v) is 10.7. The van der Waals surface area contributed by atoms with E-state index in [-0.39, 0.29) is 35.0 Å². The second kappa shape index (κ2) is 6.42. The van der Waals surface area contributed by atoms with Crippen LogP contribution >= 0.6 is 0 Å². The molecule has 0 saturated heterocycles. The molecule has 0 aromatic rings. The summed E-state index contributed by atoms with van der Waals surface area (Å²) in [6.07, 6.45) is 7.37. The van der Waals surface area contributed by atoms with Gasteiger partial charge in [0.1, 0.15) is 11.6 Å². The number of hydrogen-bond acceptors (Lipinski definition) is 3. The molecule has 4 nitrogen and oxygen atoms in total. The lowest BCUT2D eigenvalue weighted by atomic mass is 9.44. The lowest BCUT2D eigenvalue weighted by molar-refractivity contribution is -0.159. The summed E-state index contributed by atoms with van der Waals surface area (Å²) in [4.78, 5) is 36.5. The molecule has 2 unspecified atom stereocenters. The summed E-state index contributed by atoms with van der Waals surface area (Å²) in [6, 6.07) is 0. The Bertz CT molecular complexity index is 669. The van der Waals surface area contributed by atoms with Gasteiger partial charge in [-0.1, -0.05) is 20.8 Å². The van der Waals surface area contributed by atoms with Crippen LogP contribution in [0.25, 0.3) is 0 Å². The van der Waals surface area contributed by atoms with Crippen LogP contribution in [-0.4, -0.2) is 22.6 Å². The molecule has 4 aliphatic rings. The monoisotopic (exact) mass is 374 g/mol. The van der Waals surface area contributed by atoms with E-state index < -0.39 is 5.97 Å². The molecule has 4 fully saturated rings. The predicted octanol–water partition coefficient (Wildman–Crippen LogP) is 4.50. The summed E-state index contributed by atoms with van der Waals surface area (Å²) in [5.41, 5.74) is 0.234. The van der Waals surface area contributed by atoms with Gasteiger partial charge in [0.05, 0.1) is 0 Å². The summed E-state index contributed by atoms with van der Waals surface area (Å²) in [5, 5.41) is 9.26. The fourth-order valence-electron chi connectivity index (χ4n) is 8.12. The number of hydrogen-bond donors (Lipinski definition) is 1. The van der Waals surface area contributed by atoms with Crippen molar-refractivity contribution in [2.24, 2.45) is 46.3 Å². The molecule has 0 aromatic carbocycles. The van der Waals surface area contributed by atoms with Crippen molar-refractivity contribution in [3.05, 3.63) is 0 Å². The third kappa shape index (κ3) is 2.81. The summed E-state index contributed by atoms with van der Waals surface area (Å²) in [6.45, 7) is 6.79. The Labute approximate surface area is 162 Å². The first-order valence-electron chi connectivity index (χ1n) is 10.9. The zero-order valence-corrected chi connectivity index (χ0v) is 17.0. The number of carboxylic acid groups (broad SMARTS) is 1. The molecule has 0 radical (unpaired) electrons. The molecule has 0 spiro atoms. The van der Waals surface area contributed by atoms with Gasteiger partial charge in [-0.25, -0.2) is 0 Å². The normalized spacial score (nSPS) is 47.7. The zero-order valence-electron chi connectivity index (χ0n) is 17.0. The van der Waals surface area contributed by atoms with E-state index in [1.165, 1.54) is 0 Å². The first-order valence-corrected chi connectivity index (χ1v) is 10.9. The molecule has 4 aliphatic carbocycles. The summed E-state index contributed by atoms with van der Waals surface area (Å²) in [7, 11) is 0. The van der Waals surface area contributed by atoms with Gasteiger partial charge in [0.2, 0.25) is 0 Å². The molecule has 0 heterocycles. The number of aliphatic carboxylic acids is 1. The summed E-state index contributed by atoms with van der Waals surface area (Å²) >= 11 is 0. The van der Waals surface area contributed by atoms with E-state index >= 15 is 0 Å². The van der Waals surface area contributed by atoms with Crippen LogP contribution in [0.4, 0.5) is 0 Å². The van der Waals surface area contributed by atoms with Gasteiger partial charge in [0.15, 0.2) is 0 Å². The molecule has 0 aliphatic heterocycles. The minimum absolute atomic E-state index is 0.0966. The van der Waals surface area contributed by atoms with E-state index in [0.29, 0.717) is 48.6 Å². The SMILES string of the molecule is C[C@H](CC(=O)O)[C@H]1CCC2[C@@H]3C(=O)C[C@@H]4CC(=O)CC[C@]4(C)C3CC[C@@]21C. The van der Waals surface area contributed by atoms with Crippen molar-refractivity contribution in [1.82, 2.24) is 0 Å². The average Bonchev–Trinajstić information content (AvgIpc) is 2.93. The van der Waals surface area contributed by atoms with Crippen LogP contribution in [-0.2, 0) is 14.4 Å². The number of carboxylic acids is 1. The standard InChI is InChI=1S/C23H34O4/c1-13(10-20(26)27)16-4-5-17-21-18(7-9-23(16,17)3)22(2)8-6-15(24)11-14(22)12-19(21)25/h13-14,16-18,21H,4-12H2,1-3H3,(H,26,27)/t13-,14+,16-,17?,18?,21+,22+,23-/m1/s1. The fourth-order valence-corrected chi connectivity index (χ4v) is 8.12. The first kappa shape index (κ1) is 19.1. The van der Waals surface area contributed by atoms with E-state index in [0.717, 1.165) is 32.1 Å². The average molecular weight is 375 g/mol. The van der Waals surface area contributed by atoms with Crippen LogP contribution in [0.1, 0.15) is 78.6 Å². The molecule has 27 heavy (non-hydrogen) atoms. The molecule has 0 amide bonds. The van der Waals surface area contributed by atoms with Crippen molar-refractivity contribution in [3.8, 4) is 0 Å². The summed E-state index contributed by atoms with van der Waals surface area (Å²) in [5.74, 6) is 1.82. The highest BCUT2D eigenvalue weighted by Crippen LogP contribution is 2.67. The highest BCUT2D eigenvalue weighted by atomic mass is 16.4. The van der Waals surface area contributed by atoms with Crippen molar-refractivity contribution in [2.75, 3.05) is 0 Å². The molecule has 0 bridgehead atoms. The Kier molecular flexibility index (Phi) is 4.55. The molecule has 8 atom stereocenters. The Morgan fingerprint density at radius 2 is 1.78 bits per heavy atom. The van der Waals surface area contributed by atoms with Gasteiger partial charge in [0.25, 0.3) is 0 Å². The number of carbonyl (C=O) groups excluding carboxylic acids is 2. The van der Waals surface area contributed by atoms with Crippen LogP contribution in [0.5, 0.6) is 0 Å². The van der Waals surface area contributed by atoms with Crippen molar-refractivity contribution in [1.29, 1.82) is 0 Å². The van der Waals surface area contributed by atoms with Crippen molar-refractivity contribution < 1.29 is 19.5 Å². The van der Waals surface area contributed by atoms with Gasteiger partial charge in [-0.2, -0.15) is 0 Å². The maximum Gasteiger partial charge on any atom is 0.303 e. The minimum atomic E-state index is -0.709. The van der Waals surface area contributed by atoms with Crippen molar-refractivity contribution >= 4 is 17.5 Å². The molecule has 4 heteroatoms.